The van der Waals surface area contributed by atoms with Crippen LogP contribution in [0.5, 0.6) is 0 Å². The predicted molar refractivity (Wildman–Crippen MR) is 116 cm³/mol. The van der Waals surface area contributed by atoms with E-state index in [0.717, 1.165) is 6.42 Å². The molecule has 3 aromatic rings. The van der Waals surface area contributed by atoms with Gasteiger partial charge in [-0.2, -0.15) is 6.07 Å². The largest absolute Gasteiger partial charge is 1.00 e. The van der Waals surface area contributed by atoms with Gasteiger partial charge in [-0.15, -0.1) is 28.5 Å². The molecule has 0 fully saturated rings. The SMILES string of the molecule is CCc1cc2c(-c3cc(C(C)(C)C)cc(C(C)(C)C)c3)cc(C)cc2[cH-]1.[Li+]. The van der Waals surface area contributed by atoms with Gasteiger partial charge in [0.25, 0.3) is 0 Å². The van der Waals surface area contributed by atoms with Crippen LogP contribution in [0.4, 0.5) is 0 Å². The molecule has 0 amide bonds. The molecule has 138 valence electrons. The van der Waals surface area contributed by atoms with Crippen LogP contribution >= 0.6 is 0 Å². The van der Waals surface area contributed by atoms with E-state index in [1.807, 2.05) is 0 Å². The van der Waals surface area contributed by atoms with Gasteiger partial charge in [-0.3, -0.25) is 0 Å². The Hall–Kier alpha value is -1.35. The van der Waals surface area contributed by atoms with Crippen LogP contribution in [0.25, 0.3) is 21.9 Å². The van der Waals surface area contributed by atoms with E-state index in [9.17, 15) is 0 Å². The zero-order chi connectivity index (χ0) is 19.3. The molecule has 0 bridgehead atoms. The Kier molecular flexibility index (Phi) is 6.16. The summed E-state index contributed by atoms with van der Waals surface area (Å²) in [5, 5.41) is 2.76. The molecular weight excluding hydrogens is 319 g/mol. The first-order chi connectivity index (χ1) is 12.0. The molecule has 0 heterocycles. The van der Waals surface area contributed by atoms with Crippen molar-refractivity contribution in [3.63, 3.8) is 0 Å². The predicted octanol–water partition coefficient (Wildman–Crippen LogP) is 4.70. The summed E-state index contributed by atoms with van der Waals surface area (Å²) in [7, 11) is 0. The van der Waals surface area contributed by atoms with Gasteiger partial charge in [0, 0.05) is 0 Å². The van der Waals surface area contributed by atoms with Crippen molar-refractivity contribution in [3.05, 3.63) is 64.7 Å². The molecule has 0 aromatic heterocycles. The normalized spacial score (nSPS) is 12.3. The maximum Gasteiger partial charge on any atom is 1.00 e. The molecule has 3 rings (SSSR count). The average molecular weight is 352 g/mol. The minimum Gasteiger partial charge on any atom is -0.164 e. The van der Waals surface area contributed by atoms with E-state index >= 15 is 0 Å². The van der Waals surface area contributed by atoms with E-state index < -0.39 is 0 Å². The Morgan fingerprint density at radius 3 is 1.81 bits per heavy atom. The van der Waals surface area contributed by atoms with Crippen LogP contribution in [0.3, 0.4) is 0 Å². The molecule has 0 aliphatic carbocycles. The van der Waals surface area contributed by atoms with Gasteiger partial charge in [0.05, 0.1) is 0 Å². The van der Waals surface area contributed by atoms with Gasteiger partial charge in [-0.1, -0.05) is 83.9 Å². The standard InChI is InChI=1S/C26H33.Li/c1-9-18-12-19-10-17(2)11-23(24(19)13-18)20-14-21(25(3,4)5)16-22(15-20)26(6,7)8;/h10-16H,9H2,1-8H3;/q-1;+1. The molecule has 0 atom stereocenters. The monoisotopic (exact) mass is 352 g/mol. The number of aryl methyl sites for hydroxylation is 2. The molecule has 0 unspecified atom stereocenters. The second kappa shape index (κ2) is 7.58. The minimum atomic E-state index is 0. The first-order valence-corrected chi connectivity index (χ1v) is 9.85. The summed E-state index contributed by atoms with van der Waals surface area (Å²) in [6.45, 7) is 18.3. The maximum absolute atomic E-state index is 2.40. The molecule has 3 aromatic carbocycles. The van der Waals surface area contributed by atoms with Crippen molar-refractivity contribution in [2.75, 3.05) is 0 Å². The van der Waals surface area contributed by atoms with Crippen molar-refractivity contribution in [1.82, 2.24) is 0 Å². The fourth-order valence-corrected chi connectivity index (χ4v) is 3.63. The number of fused-ring (bicyclic) bond motifs is 1. The summed E-state index contributed by atoms with van der Waals surface area (Å²) in [6, 6.07) is 16.6. The summed E-state index contributed by atoms with van der Waals surface area (Å²) in [5.74, 6) is 0. The molecule has 27 heavy (non-hydrogen) atoms. The van der Waals surface area contributed by atoms with Crippen LogP contribution in [0.1, 0.15) is 70.7 Å². The van der Waals surface area contributed by atoms with Crippen LogP contribution in [-0.4, -0.2) is 0 Å². The van der Waals surface area contributed by atoms with Crippen LogP contribution in [0, 0.1) is 6.92 Å². The summed E-state index contributed by atoms with van der Waals surface area (Å²) in [4.78, 5) is 0. The zero-order valence-electron chi connectivity index (χ0n) is 18.7. The third-order valence-electron chi connectivity index (χ3n) is 5.41. The first-order valence-electron chi connectivity index (χ1n) is 9.85. The summed E-state index contributed by atoms with van der Waals surface area (Å²) in [5.41, 5.74) is 8.59. The number of benzene rings is 2. The van der Waals surface area contributed by atoms with Crippen LogP contribution < -0.4 is 18.9 Å². The molecule has 0 N–H and O–H groups in total. The van der Waals surface area contributed by atoms with Gasteiger partial charge >= 0.3 is 18.9 Å². The topological polar surface area (TPSA) is 0 Å². The molecule has 0 radical (unpaired) electrons. The number of rotatable bonds is 2. The summed E-state index contributed by atoms with van der Waals surface area (Å²) < 4.78 is 0. The number of hydrogen-bond donors (Lipinski definition) is 0. The van der Waals surface area contributed by atoms with Crippen molar-refractivity contribution in [1.29, 1.82) is 0 Å². The Morgan fingerprint density at radius 2 is 1.33 bits per heavy atom. The van der Waals surface area contributed by atoms with Crippen molar-refractivity contribution in [2.24, 2.45) is 0 Å². The summed E-state index contributed by atoms with van der Waals surface area (Å²) in [6.07, 6.45) is 1.09. The van der Waals surface area contributed by atoms with E-state index in [4.69, 9.17) is 0 Å². The number of hydrogen-bond acceptors (Lipinski definition) is 0. The molecule has 1 heteroatoms. The van der Waals surface area contributed by atoms with Crippen LogP contribution in [0.2, 0.25) is 0 Å². The van der Waals surface area contributed by atoms with Crippen molar-refractivity contribution in [2.45, 2.75) is 72.6 Å². The maximum atomic E-state index is 2.40. The van der Waals surface area contributed by atoms with E-state index in [1.165, 1.54) is 44.2 Å². The molecule has 0 spiro atoms. The Morgan fingerprint density at radius 1 is 0.778 bits per heavy atom. The van der Waals surface area contributed by atoms with Crippen molar-refractivity contribution < 1.29 is 18.9 Å². The van der Waals surface area contributed by atoms with Gasteiger partial charge in [0.2, 0.25) is 0 Å². The fraction of sp³-hybridized carbons (Fsp3) is 0.423. The van der Waals surface area contributed by atoms with Gasteiger partial charge < -0.3 is 0 Å². The van der Waals surface area contributed by atoms with E-state index in [-0.39, 0.29) is 29.7 Å². The summed E-state index contributed by atoms with van der Waals surface area (Å²) >= 11 is 0. The van der Waals surface area contributed by atoms with Gasteiger partial charge in [0.1, 0.15) is 0 Å². The van der Waals surface area contributed by atoms with Crippen LogP contribution in [-0.2, 0) is 17.3 Å². The molecule has 0 aliphatic heterocycles. The second-order valence-electron chi connectivity index (χ2n) is 9.83. The quantitative estimate of drug-likeness (QED) is 0.463. The zero-order valence-corrected chi connectivity index (χ0v) is 18.7. The Balaban J connectivity index is 0.00000261. The Bertz CT molecular complexity index is 910. The second-order valence-corrected chi connectivity index (χ2v) is 9.83. The van der Waals surface area contributed by atoms with Crippen LogP contribution in [0.15, 0.2) is 42.5 Å². The first kappa shape index (κ1) is 21.9. The third kappa shape index (κ3) is 4.56. The molecule has 0 nitrogen and oxygen atoms in total. The molecule has 0 aliphatic rings. The fourth-order valence-electron chi connectivity index (χ4n) is 3.63. The van der Waals surface area contributed by atoms with Crippen molar-refractivity contribution >= 4 is 10.8 Å². The Labute approximate surface area is 177 Å². The van der Waals surface area contributed by atoms with Crippen molar-refractivity contribution in [3.8, 4) is 11.1 Å². The van der Waals surface area contributed by atoms with Gasteiger partial charge in [0.15, 0.2) is 0 Å². The minimum absolute atomic E-state index is 0. The smallest absolute Gasteiger partial charge is 0.164 e. The van der Waals surface area contributed by atoms with Gasteiger partial charge in [-0.05, 0) is 40.9 Å². The van der Waals surface area contributed by atoms with E-state index in [0.29, 0.717) is 0 Å². The molecule has 0 saturated carbocycles. The van der Waals surface area contributed by atoms with Gasteiger partial charge in [-0.25, -0.2) is 0 Å². The van der Waals surface area contributed by atoms with E-state index in [1.54, 1.807) is 0 Å². The third-order valence-corrected chi connectivity index (χ3v) is 5.41. The molecule has 0 saturated heterocycles. The van der Waals surface area contributed by atoms with E-state index in [2.05, 4.69) is 97.9 Å². The average Bonchev–Trinajstić information content (AvgIpc) is 2.94. The molecular formula is C26H33Li.